The lowest BCUT2D eigenvalue weighted by Gasteiger charge is -2.13. The Morgan fingerprint density at radius 3 is 2.42 bits per heavy atom. The summed E-state index contributed by atoms with van der Waals surface area (Å²) in [6, 6.07) is 0. The molecule has 134 valence electrons. The van der Waals surface area contributed by atoms with Crippen LogP contribution in [0.25, 0.3) is 11.2 Å². The summed E-state index contributed by atoms with van der Waals surface area (Å²) in [7, 11) is -4.64. The first-order chi connectivity index (χ1) is 11.1. The van der Waals surface area contributed by atoms with Gasteiger partial charge in [-0.05, 0) is 0 Å². The van der Waals surface area contributed by atoms with Gasteiger partial charge in [-0.15, -0.1) is 0 Å². The molecule has 0 radical (unpaired) electrons. The summed E-state index contributed by atoms with van der Waals surface area (Å²) in [6.07, 6.45) is -2.82. The first-order valence-electron chi connectivity index (χ1n) is 6.49. The Bertz CT molecular complexity index is 742. The quantitative estimate of drug-likeness (QED) is 0.252. The summed E-state index contributed by atoms with van der Waals surface area (Å²) in [5.41, 5.74) is 6.59. The zero-order chi connectivity index (χ0) is 18.1. The summed E-state index contributed by atoms with van der Waals surface area (Å²) < 4.78 is 14.2. The molecule has 3 heterocycles. The van der Waals surface area contributed by atoms with Gasteiger partial charge >= 0.3 is 7.82 Å². The standard InChI is InChI=1S/C10H13N5O4.H3O4P/c11-8-4-9(13-2-12-4)15-10(14-8)7-6(18)5(17)3(1-16)19-7;1-5(2,3)4/h2-3,5-7,16-18H,1H2,(H3,11,12,13,14,15);(H3,1,2,3,4)/t3-,5-,6+,7?;/m1./s1. The van der Waals surface area contributed by atoms with Gasteiger partial charge in [0.15, 0.2) is 17.3 Å². The molecule has 2 aromatic rings. The minimum absolute atomic E-state index is 0.125. The van der Waals surface area contributed by atoms with Crippen LogP contribution in [0.15, 0.2) is 6.33 Å². The summed E-state index contributed by atoms with van der Waals surface area (Å²) in [5.74, 6) is 0.301. The van der Waals surface area contributed by atoms with Crippen molar-refractivity contribution in [2.24, 2.45) is 0 Å². The number of rotatable bonds is 2. The van der Waals surface area contributed by atoms with Crippen LogP contribution < -0.4 is 5.73 Å². The van der Waals surface area contributed by atoms with Gasteiger partial charge in [-0.25, -0.2) is 19.5 Å². The number of nitrogens with two attached hydrogens (primary N) is 1. The van der Waals surface area contributed by atoms with Gasteiger partial charge in [0.25, 0.3) is 0 Å². The molecular weight excluding hydrogens is 349 g/mol. The molecule has 0 bridgehead atoms. The number of aromatic amines is 1. The smallest absolute Gasteiger partial charge is 0.394 e. The molecule has 1 aliphatic rings. The van der Waals surface area contributed by atoms with E-state index in [1.807, 2.05) is 0 Å². The van der Waals surface area contributed by atoms with E-state index in [2.05, 4.69) is 19.9 Å². The third-order valence-electron chi connectivity index (χ3n) is 3.13. The van der Waals surface area contributed by atoms with Gasteiger partial charge in [-0.1, -0.05) is 0 Å². The van der Waals surface area contributed by atoms with Crippen molar-refractivity contribution in [3.63, 3.8) is 0 Å². The number of phosphoric acid groups is 1. The summed E-state index contributed by atoms with van der Waals surface area (Å²) in [4.78, 5) is 36.5. The normalized spacial score (nSPS) is 27.1. The number of aliphatic hydroxyl groups is 3. The minimum Gasteiger partial charge on any atom is -0.394 e. The van der Waals surface area contributed by atoms with Crippen molar-refractivity contribution in [2.75, 3.05) is 12.3 Å². The number of nitrogens with zero attached hydrogens (tertiary/aromatic N) is 3. The van der Waals surface area contributed by atoms with E-state index in [4.69, 9.17) is 34.8 Å². The number of ether oxygens (including phenoxy) is 1. The lowest BCUT2D eigenvalue weighted by atomic mass is 10.1. The van der Waals surface area contributed by atoms with Crippen molar-refractivity contribution in [1.82, 2.24) is 19.9 Å². The number of nitrogens with one attached hydrogen (secondary N) is 1. The Balaban J connectivity index is 0.000000368. The van der Waals surface area contributed by atoms with Crippen LogP contribution in [-0.4, -0.2) is 74.9 Å². The van der Waals surface area contributed by atoms with Crippen LogP contribution in [0.5, 0.6) is 0 Å². The number of H-pyrrole nitrogens is 1. The number of imidazole rings is 1. The highest BCUT2D eigenvalue weighted by Crippen LogP contribution is 2.32. The van der Waals surface area contributed by atoms with E-state index >= 15 is 0 Å². The van der Waals surface area contributed by atoms with E-state index in [1.54, 1.807) is 0 Å². The molecule has 13 nitrogen and oxygen atoms in total. The number of hydrogen-bond donors (Lipinski definition) is 8. The van der Waals surface area contributed by atoms with Crippen LogP contribution in [0.4, 0.5) is 5.82 Å². The van der Waals surface area contributed by atoms with E-state index < -0.39 is 38.8 Å². The van der Waals surface area contributed by atoms with Gasteiger partial charge in [-0.2, -0.15) is 0 Å². The van der Waals surface area contributed by atoms with E-state index in [-0.39, 0.29) is 11.6 Å². The van der Waals surface area contributed by atoms with Gasteiger partial charge in [0.1, 0.15) is 29.9 Å². The fourth-order valence-electron chi connectivity index (χ4n) is 2.11. The Labute approximate surface area is 134 Å². The Morgan fingerprint density at radius 2 is 1.88 bits per heavy atom. The Kier molecular flexibility index (Phi) is 5.47. The molecule has 1 aliphatic heterocycles. The molecule has 14 heteroatoms. The molecule has 1 saturated heterocycles. The molecule has 0 saturated carbocycles. The highest BCUT2D eigenvalue weighted by molar-refractivity contribution is 7.45. The summed E-state index contributed by atoms with van der Waals surface area (Å²) in [6.45, 7) is -0.408. The van der Waals surface area contributed by atoms with Crippen molar-refractivity contribution < 1.29 is 39.3 Å². The zero-order valence-corrected chi connectivity index (χ0v) is 12.9. The molecule has 2 aromatic heterocycles. The first kappa shape index (κ1) is 18.6. The lowest BCUT2D eigenvalue weighted by Crippen LogP contribution is -2.32. The molecule has 9 N–H and O–H groups in total. The molecule has 0 amide bonds. The van der Waals surface area contributed by atoms with Crippen LogP contribution in [-0.2, 0) is 9.30 Å². The molecule has 3 rings (SSSR count). The van der Waals surface area contributed by atoms with Crippen molar-refractivity contribution in [3.8, 4) is 0 Å². The van der Waals surface area contributed by atoms with E-state index in [9.17, 15) is 10.2 Å². The number of hydrogen-bond acceptors (Lipinski definition) is 9. The molecule has 1 unspecified atom stereocenters. The third kappa shape index (κ3) is 4.23. The molecule has 1 fully saturated rings. The molecular formula is C10H16N5O8P. The third-order valence-corrected chi connectivity index (χ3v) is 3.13. The SMILES string of the molecule is Nc1nc(C2O[C@H](CO)[C@@H](O)[C@@H]2O)nc2nc[nH]c12.O=P(O)(O)O. The average molecular weight is 365 g/mol. The largest absolute Gasteiger partial charge is 0.466 e. The van der Waals surface area contributed by atoms with Crippen LogP contribution in [0.2, 0.25) is 0 Å². The lowest BCUT2D eigenvalue weighted by molar-refractivity contribution is -0.0251. The highest BCUT2D eigenvalue weighted by Gasteiger charge is 2.44. The predicted octanol–water partition coefficient (Wildman–Crippen LogP) is -2.84. The Hall–Kier alpha value is -1.70. The maximum absolute atomic E-state index is 9.89. The number of aromatic nitrogens is 4. The molecule has 0 spiro atoms. The molecule has 24 heavy (non-hydrogen) atoms. The molecule has 0 aromatic carbocycles. The average Bonchev–Trinajstić information content (AvgIpc) is 3.04. The highest BCUT2D eigenvalue weighted by atomic mass is 31.2. The van der Waals surface area contributed by atoms with Crippen molar-refractivity contribution >= 4 is 24.8 Å². The zero-order valence-electron chi connectivity index (χ0n) is 12.0. The van der Waals surface area contributed by atoms with E-state index in [1.165, 1.54) is 6.33 Å². The molecule has 4 atom stereocenters. The van der Waals surface area contributed by atoms with E-state index in [0.717, 1.165) is 0 Å². The van der Waals surface area contributed by atoms with Gasteiger partial charge in [0, 0.05) is 0 Å². The maximum Gasteiger partial charge on any atom is 0.466 e. The van der Waals surface area contributed by atoms with Gasteiger partial charge in [-0.3, -0.25) is 0 Å². The first-order valence-corrected chi connectivity index (χ1v) is 8.05. The monoisotopic (exact) mass is 365 g/mol. The van der Waals surface area contributed by atoms with Crippen molar-refractivity contribution in [2.45, 2.75) is 24.4 Å². The van der Waals surface area contributed by atoms with Crippen molar-refractivity contribution in [3.05, 3.63) is 12.2 Å². The predicted molar refractivity (Wildman–Crippen MR) is 77.1 cm³/mol. The number of nitrogen functional groups attached to an aromatic ring is 1. The number of anilines is 1. The summed E-state index contributed by atoms with van der Waals surface area (Å²) in [5, 5.41) is 28.6. The second kappa shape index (κ2) is 7.04. The fourth-order valence-corrected chi connectivity index (χ4v) is 2.11. The topological polar surface area (TPSA) is 228 Å². The van der Waals surface area contributed by atoms with Crippen molar-refractivity contribution in [1.29, 1.82) is 0 Å². The molecule has 0 aliphatic carbocycles. The fraction of sp³-hybridized carbons (Fsp3) is 0.500. The maximum atomic E-state index is 9.89. The minimum atomic E-state index is -4.64. The van der Waals surface area contributed by atoms with Crippen LogP contribution in [0.1, 0.15) is 11.9 Å². The number of aliphatic hydroxyl groups excluding tert-OH is 3. The van der Waals surface area contributed by atoms with Crippen LogP contribution in [0.3, 0.4) is 0 Å². The second-order valence-corrected chi connectivity index (χ2v) is 5.87. The second-order valence-electron chi connectivity index (χ2n) is 4.84. The van der Waals surface area contributed by atoms with Crippen LogP contribution >= 0.6 is 7.82 Å². The Morgan fingerprint density at radius 1 is 1.25 bits per heavy atom. The number of fused-ring (bicyclic) bond motifs is 1. The van der Waals surface area contributed by atoms with Gasteiger partial charge in [0.2, 0.25) is 0 Å². The van der Waals surface area contributed by atoms with E-state index in [0.29, 0.717) is 11.2 Å². The van der Waals surface area contributed by atoms with Gasteiger partial charge < -0.3 is 45.5 Å². The van der Waals surface area contributed by atoms with Gasteiger partial charge in [0.05, 0.1) is 12.9 Å². The summed E-state index contributed by atoms with van der Waals surface area (Å²) >= 11 is 0. The van der Waals surface area contributed by atoms with Crippen LogP contribution in [0, 0.1) is 0 Å².